The fourth-order valence-corrected chi connectivity index (χ4v) is 13.0. The van der Waals surface area contributed by atoms with Gasteiger partial charge in [0.1, 0.15) is 0 Å². The number of unbranched alkanes of at least 4 members (excludes halogenated alkanes) is 35. The van der Waals surface area contributed by atoms with Crippen LogP contribution in [0.4, 0.5) is 0 Å². The molecule has 0 bridgehead atoms. The molecule has 2 aromatic rings. The summed E-state index contributed by atoms with van der Waals surface area (Å²) in [7, 11) is 0. The van der Waals surface area contributed by atoms with Crippen LogP contribution in [0.15, 0.2) is 47.5 Å². The van der Waals surface area contributed by atoms with Crippen LogP contribution in [0, 0.1) is 23.7 Å². The summed E-state index contributed by atoms with van der Waals surface area (Å²) in [6.07, 6.45) is 62.6. The van der Waals surface area contributed by atoms with Gasteiger partial charge < -0.3 is 5.53 Å². The second-order valence-electron chi connectivity index (χ2n) is 24.7. The van der Waals surface area contributed by atoms with E-state index >= 15 is 0 Å². The Morgan fingerprint density at radius 2 is 0.646 bits per heavy atom. The molecule has 1 heterocycles. The Morgan fingerprint density at radius 1 is 0.329 bits per heavy atom. The minimum atomic E-state index is 0.853. The van der Waals surface area contributed by atoms with E-state index < -0.39 is 0 Å². The first-order chi connectivity index (χ1) is 40.4. The molecular weight excluding hydrogens is 1040 g/mol. The van der Waals surface area contributed by atoms with E-state index in [1.807, 2.05) is 14.4 Å². The standard InChI is InChI=1S/C71H114N2.2C4H9.Ni/c1-7-12-17-19-21-23-25-27-29-31-33-35-37-39-41-43-45-49-53-65-58-56-63(51-47-14-9-3)60-68(65)70-62(6)67(55-16-11-5)71(73(70)72)69-61-64(52-48-15-10-4)57-59-66(69)54-50-46-44-42-40-38-36-34-32-30-28-26-24-22-20-18-13-8-2;2*1-3-4-2;/h56-61H,7-42,47-55H2,1-6H3;2*1,3-4H2,2H3;. The molecule has 0 radical (unpaired) electrons. The summed E-state index contributed by atoms with van der Waals surface area (Å²) in [4.78, 5) is 0. The Bertz CT molecular complexity index is 2060. The molecule has 2 nitrogen and oxygen atoms in total. The van der Waals surface area contributed by atoms with E-state index in [1.54, 1.807) is 4.70 Å². The quantitative estimate of drug-likeness (QED) is 0.0273. The molecule has 0 aliphatic carbocycles. The molecule has 3 rings (SSSR count). The molecule has 0 saturated carbocycles. The molecule has 0 aromatic heterocycles. The topological polar surface area (TPSA) is 25.3 Å². The molecule has 0 saturated heterocycles. The summed E-state index contributed by atoms with van der Waals surface area (Å²) in [6.45, 7) is 18.3. The number of nitrogens with zero attached hydrogens (tertiary/aromatic N) is 2. The molecule has 0 unspecified atom stereocenters. The van der Waals surface area contributed by atoms with Crippen molar-refractivity contribution in [2.45, 2.75) is 381 Å². The van der Waals surface area contributed by atoms with E-state index in [-0.39, 0.29) is 0 Å². The molecule has 82 heavy (non-hydrogen) atoms. The van der Waals surface area contributed by atoms with Crippen LogP contribution in [0.2, 0.25) is 10.8 Å². The van der Waals surface area contributed by atoms with Crippen LogP contribution in [-0.4, -0.2) is 4.70 Å². The van der Waals surface area contributed by atoms with Crippen LogP contribution in [0.25, 0.3) is 16.9 Å². The summed E-state index contributed by atoms with van der Waals surface area (Å²) in [5.41, 5.74) is 25.1. The molecule has 0 N–H and O–H groups in total. The van der Waals surface area contributed by atoms with Crippen molar-refractivity contribution in [3.8, 4) is 23.7 Å². The molecule has 0 fully saturated rings. The van der Waals surface area contributed by atoms with Gasteiger partial charge in [0.25, 0.3) is 0 Å². The summed E-state index contributed by atoms with van der Waals surface area (Å²) < 4.78 is 1.63. The third-order valence-corrected chi connectivity index (χ3v) is 18.4. The van der Waals surface area contributed by atoms with Gasteiger partial charge >= 0.3 is 64.8 Å². The zero-order valence-corrected chi connectivity index (χ0v) is 56.7. The van der Waals surface area contributed by atoms with Gasteiger partial charge in [-0.25, -0.2) is 4.70 Å². The normalized spacial score (nSPS) is 12.3. The van der Waals surface area contributed by atoms with Crippen LogP contribution in [0.5, 0.6) is 0 Å². The van der Waals surface area contributed by atoms with Gasteiger partial charge in [-0.3, -0.25) is 0 Å². The Kier molecular flexibility index (Phi) is 50.2. The fourth-order valence-electron chi connectivity index (χ4n) is 11.6. The fraction of sp³-hybridized carbons (Fsp3) is 0.747. The van der Waals surface area contributed by atoms with Crippen molar-refractivity contribution < 1.29 is 19.1 Å². The molecule has 3 heteroatoms. The Labute approximate surface area is 518 Å². The third kappa shape index (κ3) is 36.2. The van der Waals surface area contributed by atoms with Gasteiger partial charge in [0.05, 0.1) is 0 Å². The van der Waals surface area contributed by atoms with E-state index in [4.69, 9.17) is 0 Å². The van der Waals surface area contributed by atoms with Gasteiger partial charge in [0.15, 0.2) is 0 Å². The first kappa shape index (κ1) is 75.2. The van der Waals surface area contributed by atoms with Crippen LogP contribution in [-0.2, 0) is 40.1 Å². The van der Waals surface area contributed by atoms with Crippen molar-refractivity contribution in [1.82, 2.24) is 0 Å². The van der Waals surface area contributed by atoms with Crippen molar-refractivity contribution in [1.29, 1.82) is 0 Å². The first-order valence-corrected chi connectivity index (χ1v) is 37.3. The summed E-state index contributed by atoms with van der Waals surface area (Å²) in [5.74, 6) is 14.3. The monoisotopic (exact) mass is 1170 g/mol. The predicted octanol–water partition coefficient (Wildman–Crippen LogP) is 26.7. The zero-order chi connectivity index (χ0) is 59.2. The molecule has 0 atom stereocenters. The summed E-state index contributed by atoms with van der Waals surface area (Å²) in [6, 6.07) is 14.3. The first-order valence-electron chi connectivity index (χ1n) is 36.0. The van der Waals surface area contributed by atoms with Crippen LogP contribution < -0.4 is 0 Å². The summed E-state index contributed by atoms with van der Waals surface area (Å²) >= 11 is 1.94. The van der Waals surface area contributed by atoms with E-state index in [0.717, 1.165) is 82.0 Å². The number of aryl methyl sites for hydroxylation is 4. The number of rotatable bonds is 51. The molecule has 1 aliphatic rings. The van der Waals surface area contributed by atoms with E-state index in [9.17, 15) is 5.53 Å². The molecular formula is C79H132N2Ni. The van der Waals surface area contributed by atoms with Crippen molar-refractivity contribution in [2.24, 2.45) is 0 Å². The Morgan fingerprint density at radius 3 is 1.01 bits per heavy atom. The Hall–Kier alpha value is -2.87. The van der Waals surface area contributed by atoms with Crippen molar-refractivity contribution in [2.75, 3.05) is 0 Å². The van der Waals surface area contributed by atoms with Gasteiger partial charge in [0, 0.05) is 48.0 Å². The number of benzene rings is 2. The van der Waals surface area contributed by atoms with Gasteiger partial charge in [-0.1, -0.05) is 258 Å². The molecule has 468 valence electrons. The van der Waals surface area contributed by atoms with Gasteiger partial charge in [-0.2, -0.15) is 0 Å². The predicted molar refractivity (Wildman–Crippen MR) is 363 cm³/mol. The van der Waals surface area contributed by atoms with E-state index in [1.165, 1.54) is 299 Å². The average molecular weight is 1170 g/mol. The number of hydrogen-bond donors (Lipinski definition) is 0. The van der Waals surface area contributed by atoms with Gasteiger partial charge in [0.2, 0.25) is 11.4 Å². The average Bonchev–Trinajstić information content (AvgIpc) is 4.00. The minimum absolute atomic E-state index is 0.853. The van der Waals surface area contributed by atoms with E-state index in [0.29, 0.717) is 0 Å². The SMILES string of the molecule is CCCCCCCCCCCCCCCCC#CCCc1ccc(CCCCC)cc1C1=C(C)C(CCCC)=C(c2cc(CCCCC)ccc2CCC#CCCCCCCCCCCCCCCCC)[N+]1=[N-].CCC[CH2][Ni][CH2]CCC. The van der Waals surface area contributed by atoms with Crippen LogP contribution in [0.3, 0.4) is 0 Å². The molecule has 0 spiro atoms. The van der Waals surface area contributed by atoms with Crippen molar-refractivity contribution in [3.63, 3.8) is 0 Å². The summed E-state index contributed by atoms with van der Waals surface area (Å²) in [5, 5.41) is 2.78. The van der Waals surface area contributed by atoms with Crippen LogP contribution in [0.1, 0.15) is 378 Å². The second kappa shape index (κ2) is 54.8. The Balaban J connectivity index is 0.00000234. The van der Waals surface area contributed by atoms with Gasteiger partial charge in [-0.05, 0) is 106 Å². The zero-order valence-electron chi connectivity index (χ0n) is 55.7. The number of allylic oxidation sites excluding steroid dienone is 2. The molecule has 0 amide bonds. The van der Waals surface area contributed by atoms with Crippen LogP contribution >= 0.6 is 0 Å². The van der Waals surface area contributed by atoms with Crippen molar-refractivity contribution in [3.05, 3.63) is 86.5 Å². The van der Waals surface area contributed by atoms with Crippen molar-refractivity contribution >= 4 is 11.4 Å². The van der Waals surface area contributed by atoms with E-state index in [2.05, 4.69) is 115 Å². The maximum absolute atomic E-state index is 12.8. The molecule has 1 aliphatic heterocycles. The third-order valence-electron chi connectivity index (χ3n) is 17.0. The molecule has 2 aromatic carbocycles. The number of hydrogen-bond acceptors (Lipinski definition) is 0. The second-order valence-corrected chi connectivity index (χ2v) is 26.2. The maximum atomic E-state index is 12.8. The van der Waals surface area contributed by atoms with Gasteiger partial charge in [-0.15, -0.1) is 23.7 Å².